The Labute approximate surface area is 166 Å². The van der Waals surface area contributed by atoms with Gasteiger partial charge < -0.3 is 19.0 Å². The Kier molecular flexibility index (Phi) is 4.10. The first kappa shape index (κ1) is 17.3. The van der Waals surface area contributed by atoms with Gasteiger partial charge in [-0.15, -0.1) is 0 Å². The standard InChI is InChI=1S/C21H19ClN4O2/c1-13-11-25(8-6-23-13)15-5-4-14-9-19(28-21(27)16(14)10-15)18-12-26-7-2-3-17(22)20(26)24-18/h2-5,7,9-10,12-13,23H,6,8,11H2,1H3/t13-/m0/s1. The minimum absolute atomic E-state index is 0.360. The van der Waals surface area contributed by atoms with E-state index in [0.29, 0.717) is 33.6 Å². The fourth-order valence-electron chi connectivity index (χ4n) is 3.76. The zero-order valence-electron chi connectivity index (χ0n) is 15.4. The van der Waals surface area contributed by atoms with Gasteiger partial charge in [-0.2, -0.15) is 0 Å². The van der Waals surface area contributed by atoms with Crippen molar-refractivity contribution in [3.8, 4) is 11.5 Å². The Hall–Kier alpha value is -2.83. The minimum atomic E-state index is -0.360. The third kappa shape index (κ3) is 2.95. The smallest absolute Gasteiger partial charge is 0.344 e. The van der Waals surface area contributed by atoms with Gasteiger partial charge >= 0.3 is 5.63 Å². The lowest BCUT2D eigenvalue weighted by Gasteiger charge is -2.33. The van der Waals surface area contributed by atoms with Crippen molar-refractivity contribution in [3.05, 3.63) is 64.2 Å². The zero-order valence-corrected chi connectivity index (χ0v) is 16.1. The van der Waals surface area contributed by atoms with Crippen LogP contribution in [0.1, 0.15) is 6.92 Å². The highest BCUT2D eigenvalue weighted by molar-refractivity contribution is 6.33. The van der Waals surface area contributed by atoms with E-state index < -0.39 is 0 Å². The quantitative estimate of drug-likeness (QED) is 0.563. The molecule has 0 amide bonds. The van der Waals surface area contributed by atoms with Gasteiger partial charge in [-0.3, -0.25) is 0 Å². The summed E-state index contributed by atoms with van der Waals surface area (Å²) >= 11 is 6.20. The molecule has 0 saturated carbocycles. The Bertz CT molecular complexity index is 1250. The van der Waals surface area contributed by atoms with Gasteiger partial charge in [-0.05, 0) is 42.6 Å². The van der Waals surface area contributed by atoms with E-state index >= 15 is 0 Å². The largest absolute Gasteiger partial charge is 0.421 e. The summed E-state index contributed by atoms with van der Waals surface area (Å²) in [6.07, 6.45) is 3.67. The number of fused-ring (bicyclic) bond motifs is 2. The molecule has 0 unspecified atom stereocenters. The molecular formula is C21H19ClN4O2. The second-order valence-corrected chi connectivity index (χ2v) is 7.59. The fraction of sp³-hybridized carbons (Fsp3) is 0.238. The lowest BCUT2D eigenvalue weighted by molar-refractivity contribution is 0.485. The summed E-state index contributed by atoms with van der Waals surface area (Å²) < 4.78 is 7.42. The maximum absolute atomic E-state index is 12.7. The van der Waals surface area contributed by atoms with Crippen LogP contribution in [0.25, 0.3) is 27.9 Å². The van der Waals surface area contributed by atoms with Gasteiger partial charge in [0.05, 0.1) is 10.4 Å². The van der Waals surface area contributed by atoms with Crippen molar-refractivity contribution in [1.29, 1.82) is 0 Å². The van der Waals surface area contributed by atoms with E-state index in [0.717, 1.165) is 30.7 Å². The van der Waals surface area contributed by atoms with Gasteiger partial charge in [-0.25, -0.2) is 9.78 Å². The van der Waals surface area contributed by atoms with Crippen molar-refractivity contribution in [1.82, 2.24) is 14.7 Å². The fourth-order valence-corrected chi connectivity index (χ4v) is 3.97. The molecule has 0 spiro atoms. The van der Waals surface area contributed by atoms with Crippen LogP contribution in [0.3, 0.4) is 0 Å². The van der Waals surface area contributed by atoms with Gasteiger partial charge in [0.1, 0.15) is 5.69 Å². The van der Waals surface area contributed by atoms with Crippen LogP contribution in [0, 0.1) is 0 Å². The molecule has 0 aliphatic carbocycles. The summed E-state index contributed by atoms with van der Waals surface area (Å²) in [6.45, 7) is 4.93. The number of piperazine rings is 1. The van der Waals surface area contributed by atoms with Crippen LogP contribution in [-0.4, -0.2) is 35.1 Å². The van der Waals surface area contributed by atoms with Gasteiger partial charge in [0.15, 0.2) is 11.4 Å². The molecule has 4 aromatic rings. The van der Waals surface area contributed by atoms with E-state index in [1.54, 1.807) is 6.07 Å². The second-order valence-electron chi connectivity index (χ2n) is 7.18. The number of halogens is 1. The summed E-state index contributed by atoms with van der Waals surface area (Å²) in [5.41, 5.74) is 1.89. The van der Waals surface area contributed by atoms with Crippen LogP contribution in [0.2, 0.25) is 5.02 Å². The minimum Gasteiger partial charge on any atom is -0.421 e. The number of anilines is 1. The summed E-state index contributed by atoms with van der Waals surface area (Å²) in [5.74, 6) is 0.431. The van der Waals surface area contributed by atoms with E-state index in [9.17, 15) is 4.79 Å². The molecule has 28 heavy (non-hydrogen) atoms. The van der Waals surface area contributed by atoms with Crippen LogP contribution in [0.5, 0.6) is 0 Å². The third-order valence-electron chi connectivity index (χ3n) is 5.17. The number of hydrogen-bond donors (Lipinski definition) is 1. The molecule has 1 aliphatic rings. The molecule has 0 radical (unpaired) electrons. The monoisotopic (exact) mass is 394 g/mol. The molecule has 1 saturated heterocycles. The zero-order chi connectivity index (χ0) is 19.3. The SMILES string of the molecule is C[C@H]1CN(c2ccc3cc(-c4cn5cccc(Cl)c5n4)oc(=O)c3c2)CCN1. The highest BCUT2D eigenvalue weighted by Gasteiger charge is 2.17. The molecule has 1 N–H and O–H groups in total. The van der Waals surface area contributed by atoms with Crippen LogP contribution in [0.15, 0.2) is 58.0 Å². The average Bonchev–Trinajstić information content (AvgIpc) is 3.13. The molecule has 3 aromatic heterocycles. The van der Waals surface area contributed by atoms with Crippen molar-refractivity contribution < 1.29 is 4.42 Å². The average molecular weight is 395 g/mol. The predicted octanol–water partition coefficient (Wildman–Crippen LogP) is 3.56. The number of aromatic nitrogens is 2. The van der Waals surface area contributed by atoms with E-state index in [4.69, 9.17) is 16.0 Å². The first-order chi connectivity index (χ1) is 13.6. The van der Waals surface area contributed by atoms with E-state index in [-0.39, 0.29) is 5.63 Å². The molecule has 7 heteroatoms. The first-order valence-electron chi connectivity index (χ1n) is 9.28. The van der Waals surface area contributed by atoms with Crippen molar-refractivity contribution in [2.75, 3.05) is 24.5 Å². The van der Waals surface area contributed by atoms with E-state index in [1.165, 1.54) is 0 Å². The maximum Gasteiger partial charge on any atom is 0.344 e. The summed E-state index contributed by atoms with van der Waals surface area (Å²) in [4.78, 5) is 19.5. The molecular weight excluding hydrogens is 376 g/mol. The van der Waals surface area contributed by atoms with Crippen molar-refractivity contribution >= 4 is 33.7 Å². The molecule has 1 fully saturated rings. The molecule has 142 valence electrons. The van der Waals surface area contributed by atoms with Gasteiger partial charge in [0.25, 0.3) is 0 Å². The first-order valence-corrected chi connectivity index (χ1v) is 9.66. The topological polar surface area (TPSA) is 62.8 Å². The number of hydrogen-bond acceptors (Lipinski definition) is 5. The predicted molar refractivity (Wildman–Crippen MR) is 111 cm³/mol. The number of pyridine rings is 1. The van der Waals surface area contributed by atoms with Crippen molar-refractivity contribution in [2.24, 2.45) is 0 Å². The molecule has 1 aromatic carbocycles. The second kappa shape index (κ2) is 6.65. The summed E-state index contributed by atoms with van der Waals surface area (Å²) in [5, 5.41) is 5.39. The molecule has 4 heterocycles. The third-order valence-corrected chi connectivity index (χ3v) is 5.46. The number of nitrogens with one attached hydrogen (secondary N) is 1. The molecule has 6 nitrogen and oxygen atoms in total. The molecule has 1 atom stereocenters. The lowest BCUT2D eigenvalue weighted by Crippen LogP contribution is -2.49. The Morgan fingerprint density at radius 1 is 1.29 bits per heavy atom. The number of rotatable bonds is 2. The number of nitrogens with zero attached hydrogens (tertiary/aromatic N) is 3. The Morgan fingerprint density at radius 2 is 2.18 bits per heavy atom. The normalized spacial score (nSPS) is 17.5. The van der Waals surface area contributed by atoms with Gasteiger partial charge in [0.2, 0.25) is 0 Å². The van der Waals surface area contributed by atoms with Crippen LogP contribution in [0.4, 0.5) is 5.69 Å². The lowest BCUT2D eigenvalue weighted by atomic mass is 10.1. The van der Waals surface area contributed by atoms with Crippen molar-refractivity contribution in [2.45, 2.75) is 13.0 Å². The molecule has 0 bridgehead atoms. The van der Waals surface area contributed by atoms with Crippen molar-refractivity contribution in [3.63, 3.8) is 0 Å². The van der Waals surface area contributed by atoms with E-state index in [2.05, 4.69) is 28.2 Å². The van der Waals surface area contributed by atoms with Crippen LogP contribution >= 0.6 is 11.6 Å². The Balaban J connectivity index is 1.57. The molecule has 1 aliphatic heterocycles. The van der Waals surface area contributed by atoms with Crippen LogP contribution in [-0.2, 0) is 0 Å². The summed E-state index contributed by atoms with van der Waals surface area (Å²) in [6, 6.07) is 11.9. The number of imidazole rings is 1. The Morgan fingerprint density at radius 3 is 3.00 bits per heavy atom. The van der Waals surface area contributed by atoms with Crippen LogP contribution < -0.4 is 15.8 Å². The number of benzene rings is 1. The van der Waals surface area contributed by atoms with Gasteiger partial charge in [0, 0.05) is 43.8 Å². The molecule has 5 rings (SSSR count). The van der Waals surface area contributed by atoms with Gasteiger partial charge in [-0.1, -0.05) is 17.7 Å². The highest BCUT2D eigenvalue weighted by atomic mass is 35.5. The maximum atomic E-state index is 12.7. The van der Waals surface area contributed by atoms with E-state index in [1.807, 2.05) is 41.1 Å². The summed E-state index contributed by atoms with van der Waals surface area (Å²) in [7, 11) is 0. The highest BCUT2D eigenvalue weighted by Crippen LogP contribution is 2.27.